The van der Waals surface area contributed by atoms with Crippen LogP contribution in [-0.2, 0) is 65.4 Å². The Labute approximate surface area is 613 Å². The van der Waals surface area contributed by atoms with Crippen LogP contribution in [0.4, 0.5) is 0 Å². The van der Waals surface area contributed by atoms with Crippen LogP contribution in [-0.4, -0.2) is 96.7 Å². The summed E-state index contributed by atoms with van der Waals surface area (Å²) in [7, 11) is -9.92. The van der Waals surface area contributed by atoms with Crippen molar-refractivity contribution in [1.82, 2.24) is 0 Å². The minimum absolute atomic E-state index is 0.106. The van der Waals surface area contributed by atoms with Crippen LogP contribution in [0.2, 0.25) is 0 Å². The quantitative estimate of drug-likeness (QED) is 0.0222. The van der Waals surface area contributed by atoms with E-state index in [0.717, 1.165) is 114 Å². The molecule has 7 atom stereocenters. The molecule has 100 heavy (non-hydrogen) atoms. The number of phosphoric ester groups is 2. The van der Waals surface area contributed by atoms with E-state index in [2.05, 4.69) is 55.4 Å². The average molecular weight is 1470 g/mol. The number of esters is 4. The highest BCUT2D eigenvalue weighted by atomic mass is 31.2. The first-order valence-electron chi connectivity index (χ1n) is 41.8. The van der Waals surface area contributed by atoms with Gasteiger partial charge in [0.2, 0.25) is 0 Å². The van der Waals surface area contributed by atoms with E-state index in [1.165, 1.54) is 218 Å². The molecule has 0 aromatic carbocycles. The average Bonchev–Trinajstić information content (AvgIpc) is 0.924. The van der Waals surface area contributed by atoms with Crippen molar-refractivity contribution < 1.29 is 80.2 Å². The third-order valence-corrected chi connectivity index (χ3v) is 21.4. The maximum Gasteiger partial charge on any atom is 0.472 e. The van der Waals surface area contributed by atoms with Crippen molar-refractivity contribution in [3.63, 3.8) is 0 Å². The molecule has 19 heteroatoms. The van der Waals surface area contributed by atoms with Crippen LogP contribution in [0.15, 0.2) is 0 Å². The van der Waals surface area contributed by atoms with Gasteiger partial charge in [-0.3, -0.25) is 37.3 Å². The van der Waals surface area contributed by atoms with Gasteiger partial charge in [-0.25, -0.2) is 9.13 Å². The zero-order chi connectivity index (χ0) is 73.8. The summed E-state index contributed by atoms with van der Waals surface area (Å²) in [5.41, 5.74) is 0. The molecule has 0 saturated carbocycles. The largest absolute Gasteiger partial charge is 0.472 e. The highest BCUT2D eigenvalue weighted by Crippen LogP contribution is 2.45. The van der Waals surface area contributed by atoms with Gasteiger partial charge in [-0.15, -0.1) is 0 Å². The molecule has 0 saturated heterocycles. The predicted octanol–water partition coefficient (Wildman–Crippen LogP) is 24.0. The van der Waals surface area contributed by atoms with Gasteiger partial charge >= 0.3 is 39.5 Å². The van der Waals surface area contributed by atoms with Gasteiger partial charge in [0.1, 0.15) is 19.3 Å². The van der Waals surface area contributed by atoms with Crippen LogP contribution in [0.1, 0.15) is 415 Å². The lowest BCUT2D eigenvalue weighted by molar-refractivity contribution is -0.161. The summed E-state index contributed by atoms with van der Waals surface area (Å²) in [4.78, 5) is 73.1. The van der Waals surface area contributed by atoms with E-state index < -0.39 is 97.5 Å². The molecule has 0 fully saturated rings. The molecule has 0 spiro atoms. The SMILES string of the molecule is CCC(C)CCCCCCCCCCCCC(=O)O[C@H](COC(=O)CCCCCCCCCCC(C)CC)COP(=O)(O)OC[C@H](O)COP(=O)(O)OC[C@@H](COC(=O)CCCCCCCCCCCCCCCCC(C)C)OC(=O)CCCCCCCCCCCCCCCCC(C)C. The van der Waals surface area contributed by atoms with Crippen LogP contribution >= 0.6 is 15.6 Å². The van der Waals surface area contributed by atoms with E-state index in [0.29, 0.717) is 25.7 Å². The van der Waals surface area contributed by atoms with E-state index in [9.17, 15) is 43.2 Å². The minimum Gasteiger partial charge on any atom is -0.462 e. The maximum absolute atomic E-state index is 13.1. The molecule has 3 N–H and O–H groups in total. The van der Waals surface area contributed by atoms with Crippen molar-refractivity contribution in [2.75, 3.05) is 39.6 Å². The van der Waals surface area contributed by atoms with Crippen LogP contribution in [0.25, 0.3) is 0 Å². The molecule has 594 valence electrons. The molecule has 0 aliphatic carbocycles. The second kappa shape index (κ2) is 70.1. The number of hydrogen-bond acceptors (Lipinski definition) is 15. The number of ether oxygens (including phenoxy) is 4. The predicted molar refractivity (Wildman–Crippen MR) is 409 cm³/mol. The zero-order valence-corrected chi connectivity index (χ0v) is 67.6. The number of unbranched alkanes of at least 4 members (excludes halogenated alkanes) is 42. The lowest BCUT2D eigenvalue weighted by Crippen LogP contribution is -2.30. The molecule has 4 unspecified atom stereocenters. The number of aliphatic hydroxyl groups is 1. The molecule has 0 heterocycles. The van der Waals surface area contributed by atoms with Crippen LogP contribution < -0.4 is 0 Å². The molecule has 0 aromatic rings. The number of rotatable bonds is 78. The Morgan fingerprint density at radius 1 is 0.280 bits per heavy atom. The number of hydrogen-bond donors (Lipinski definition) is 3. The van der Waals surface area contributed by atoms with Crippen LogP contribution in [0, 0.1) is 23.7 Å². The second-order valence-electron chi connectivity index (χ2n) is 30.6. The maximum atomic E-state index is 13.1. The lowest BCUT2D eigenvalue weighted by atomic mass is 9.99. The fourth-order valence-corrected chi connectivity index (χ4v) is 13.9. The minimum atomic E-state index is -4.96. The fourth-order valence-electron chi connectivity index (χ4n) is 12.4. The molecule has 0 amide bonds. The number of aliphatic hydroxyl groups excluding tert-OH is 1. The Morgan fingerprint density at radius 3 is 0.710 bits per heavy atom. The van der Waals surface area contributed by atoms with Gasteiger partial charge in [0.25, 0.3) is 0 Å². The van der Waals surface area contributed by atoms with Crippen LogP contribution in [0.3, 0.4) is 0 Å². The van der Waals surface area contributed by atoms with Gasteiger partial charge in [0, 0.05) is 25.7 Å². The summed E-state index contributed by atoms with van der Waals surface area (Å²) in [6.45, 7) is 14.3. The third kappa shape index (κ3) is 71.7. The van der Waals surface area contributed by atoms with Gasteiger partial charge in [0.15, 0.2) is 12.2 Å². The van der Waals surface area contributed by atoms with Crippen molar-refractivity contribution in [1.29, 1.82) is 0 Å². The monoisotopic (exact) mass is 1470 g/mol. The van der Waals surface area contributed by atoms with Gasteiger partial charge in [-0.05, 0) is 49.4 Å². The fraction of sp³-hybridized carbons (Fsp3) is 0.951. The summed E-state index contributed by atoms with van der Waals surface area (Å²) in [6, 6.07) is 0. The molecule has 0 radical (unpaired) electrons. The van der Waals surface area contributed by atoms with E-state index >= 15 is 0 Å². The first-order valence-corrected chi connectivity index (χ1v) is 44.8. The summed E-state index contributed by atoms with van der Waals surface area (Å²) in [5, 5.41) is 10.6. The molecule has 17 nitrogen and oxygen atoms in total. The standard InChI is InChI=1S/C81H158O17P2/c1-9-73(7)59-51-43-35-27-23-24-30-40-48-56-64-81(86)98-77(68-92-79(84)62-54-46-38-32-31-36-44-52-60-74(8)10-2)70-96-100(89,90)94-66-75(82)65-93-99(87,88)95-69-76(97-80(85)63-55-47-39-29-22-18-14-12-16-20-26-34-42-50-58-72(5)6)67-91-78(83)61-53-45-37-28-21-17-13-11-15-19-25-33-41-49-57-71(3)4/h71-77,82H,9-70H2,1-8H3,(H,87,88)(H,89,90)/t73?,74?,75-,76-,77-/m1/s1. The lowest BCUT2D eigenvalue weighted by Gasteiger charge is -2.21. The third-order valence-electron chi connectivity index (χ3n) is 19.5. The molecule has 0 bridgehead atoms. The summed E-state index contributed by atoms with van der Waals surface area (Å²) < 4.78 is 68.8. The van der Waals surface area contributed by atoms with E-state index in [1.807, 2.05) is 0 Å². The van der Waals surface area contributed by atoms with Crippen LogP contribution in [0.5, 0.6) is 0 Å². The molecular formula is C81H158O17P2. The van der Waals surface area contributed by atoms with E-state index in [-0.39, 0.29) is 25.7 Å². The summed E-state index contributed by atoms with van der Waals surface area (Å²) in [6.07, 6.45) is 56.7. The van der Waals surface area contributed by atoms with Crippen molar-refractivity contribution in [2.45, 2.75) is 433 Å². The smallest absolute Gasteiger partial charge is 0.462 e. The van der Waals surface area contributed by atoms with Gasteiger partial charge in [0.05, 0.1) is 26.4 Å². The Balaban J connectivity index is 5.28. The topological polar surface area (TPSA) is 237 Å². The Morgan fingerprint density at radius 2 is 0.480 bits per heavy atom. The van der Waals surface area contributed by atoms with Gasteiger partial charge < -0.3 is 33.8 Å². The number of carbonyl (C=O) groups excluding carboxylic acids is 4. The highest BCUT2D eigenvalue weighted by Gasteiger charge is 2.30. The zero-order valence-electron chi connectivity index (χ0n) is 65.8. The number of carbonyl (C=O) groups is 4. The Kier molecular flexibility index (Phi) is 68.7. The van der Waals surface area contributed by atoms with Crippen molar-refractivity contribution >= 4 is 39.5 Å². The first kappa shape index (κ1) is 98.1. The van der Waals surface area contributed by atoms with Gasteiger partial charge in [-0.1, -0.05) is 364 Å². The highest BCUT2D eigenvalue weighted by molar-refractivity contribution is 7.47. The molecule has 0 aliphatic rings. The van der Waals surface area contributed by atoms with Gasteiger partial charge in [-0.2, -0.15) is 0 Å². The summed E-state index contributed by atoms with van der Waals surface area (Å²) in [5.74, 6) is 1.06. The molecular weight excluding hydrogens is 1310 g/mol. The Bertz CT molecular complexity index is 1960. The van der Waals surface area contributed by atoms with E-state index in [4.69, 9.17) is 37.0 Å². The summed E-state index contributed by atoms with van der Waals surface area (Å²) >= 11 is 0. The second-order valence-corrected chi connectivity index (χ2v) is 33.5. The van der Waals surface area contributed by atoms with Crippen molar-refractivity contribution in [3.05, 3.63) is 0 Å². The molecule has 0 aliphatic heterocycles. The van der Waals surface area contributed by atoms with E-state index in [1.54, 1.807) is 0 Å². The Hall–Kier alpha value is -1.94. The van der Waals surface area contributed by atoms with Crippen molar-refractivity contribution in [3.8, 4) is 0 Å². The molecule has 0 aromatic heterocycles. The molecule has 0 rings (SSSR count). The first-order chi connectivity index (χ1) is 48.2. The normalized spacial score (nSPS) is 14.6. The van der Waals surface area contributed by atoms with Crippen molar-refractivity contribution in [2.24, 2.45) is 23.7 Å². The number of phosphoric acid groups is 2.